The highest BCUT2D eigenvalue weighted by atomic mass is 16.5. The molecule has 0 radical (unpaired) electrons. The quantitative estimate of drug-likeness (QED) is 0.731. The molecule has 6 heteroatoms. The van der Waals surface area contributed by atoms with E-state index in [-0.39, 0.29) is 17.5 Å². The predicted octanol–water partition coefficient (Wildman–Crippen LogP) is 3.52. The number of rotatable bonds is 8. The van der Waals surface area contributed by atoms with Gasteiger partial charge in [-0.3, -0.25) is 9.59 Å². The Kier molecular flexibility index (Phi) is 6.66. The topological polar surface area (TPSA) is 69.6 Å². The summed E-state index contributed by atoms with van der Waals surface area (Å²) in [5.74, 6) is 0.771. The number of carbonyl (C=O) groups excluding carboxylic acids is 1. The molecule has 1 heterocycles. The summed E-state index contributed by atoms with van der Waals surface area (Å²) >= 11 is 0. The summed E-state index contributed by atoms with van der Waals surface area (Å²) in [7, 11) is 3.06. The first kappa shape index (κ1) is 19.8. The van der Waals surface area contributed by atoms with Gasteiger partial charge in [0.05, 0.1) is 25.2 Å². The lowest BCUT2D eigenvalue weighted by Crippen LogP contribution is -2.29. The smallest absolute Gasteiger partial charge is 0.258 e. The Morgan fingerprint density at radius 2 is 1.77 bits per heavy atom. The number of methoxy groups -OCH3 is 2. The fourth-order valence-corrected chi connectivity index (χ4v) is 2.86. The molecule has 0 aliphatic heterocycles. The van der Waals surface area contributed by atoms with Crippen LogP contribution in [0.5, 0.6) is 11.5 Å². The first-order chi connectivity index (χ1) is 12.5. The third-order valence-corrected chi connectivity index (χ3v) is 4.67. The number of nitrogens with zero attached hydrogens (tertiary/aromatic N) is 1. The molecule has 1 aromatic heterocycles. The van der Waals surface area contributed by atoms with E-state index < -0.39 is 0 Å². The zero-order valence-corrected chi connectivity index (χ0v) is 16.2. The lowest BCUT2D eigenvalue weighted by atomic mass is 10.0. The van der Waals surface area contributed by atoms with Crippen LogP contribution in [0.2, 0.25) is 0 Å². The zero-order chi connectivity index (χ0) is 19.3. The Morgan fingerprint density at radius 1 is 1.15 bits per heavy atom. The maximum absolute atomic E-state index is 13.0. The summed E-state index contributed by atoms with van der Waals surface area (Å²) in [4.78, 5) is 25.7. The van der Waals surface area contributed by atoms with Crippen LogP contribution in [0.15, 0.2) is 23.1 Å². The summed E-state index contributed by atoms with van der Waals surface area (Å²) in [6, 6.07) is 3.34. The highest BCUT2D eigenvalue weighted by molar-refractivity contribution is 6.07. The van der Waals surface area contributed by atoms with Gasteiger partial charge in [0, 0.05) is 24.2 Å². The molecule has 0 bridgehead atoms. The molecule has 1 amide bonds. The number of unbranched alkanes of at least 4 members (excludes halogenated alkanes) is 1. The Labute approximate surface area is 154 Å². The van der Waals surface area contributed by atoms with Crippen LogP contribution in [-0.4, -0.2) is 31.2 Å². The minimum absolute atomic E-state index is 0.0119. The van der Waals surface area contributed by atoms with Crippen LogP contribution in [0.3, 0.4) is 0 Å². The molecule has 0 saturated carbocycles. The van der Waals surface area contributed by atoms with Crippen molar-refractivity contribution in [3.63, 3.8) is 0 Å². The molecule has 0 fully saturated rings. The van der Waals surface area contributed by atoms with Gasteiger partial charge in [0.1, 0.15) is 0 Å². The third-order valence-electron chi connectivity index (χ3n) is 4.67. The molecule has 1 aromatic carbocycles. The van der Waals surface area contributed by atoms with Crippen molar-refractivity contribution >= 4 is 16.7 Å². The van der Waals surface area contributed by atoms with E-state index in [1.54, 1.807) is 22.9 Å². The van der Waals surface area contributed by atoms with E-state index in [0.717, 1.165) is 19.3 Å². The number of carbonyl (C=O) groups is 1. The Morgan fingerprint density at radius 3 is 2.31 bits per heavy atom. The first-order valence-corrected chi connectivity index (χ1v) is 9.07. The SMILES string of the molecule is CCCCNC(=O)c1cn(C(C)CC)c(=O)c2cc(OC)c(OC)cc12. The normalized spacial score (nSPS) is 12.0. The van der Waals surface area contributed by atoms with Gasteiger partial charge in [-0.25, -0.2) is 0 Å². The van der Waals surface area contributed by atoms with Crippen LogP contribution in [0.25, 0.3) is 10.8 Å². The largest absolute Gasteiger partial charge is 0.493 e. The van der Waals surface area contributed by atoms with E-state index in [9.17, 15) is 9.59 Å². The van der Waals surface area contributed by atoms with Gasteiger partial charge < -0.3 is 19.4 Å². The summed E-state index contributed by atoms with van der Waals surface area (Å²) < 4.78 is 12.3. The van der Waals surface area contributed by atoms with Crippen LogP contribution in [-0.2, 0) is 0 Å². The number of aromatic nitrogens is 1. The van der Waals surface area contributed by atoms with E-state index in [0.29, 0.717) is 34.4 Å². The molecule has 1 atom stereocenters. The van der Waals surface area contributed by atoms with E-state index in [2.05, 4.69) is 12.2 Å². The van der Waals surface area contributed by atoms with E-state index in [1.807, 2.05) is 13.8 Å². The Balaban J connectivity index is 2.72. The molecule has 0 spiro atoms. The monoisotopic (exact) mass is 360 g/mol. The molecule has 26 heavy (non-hydrogen) atoms. The van der Waals surface area contributed by atoms with Crippen molar-refractivity contribution in [3.8, 4) is 11.5 Å². The summed E-state index contributed by atoms with van der Waals surface area (Å²) in [6.45, 7) is 6.65. The van der Waals surface area contributed by atoms with Gasteiger partial charge in [0.15, 0.2) is 11.5 Å². The van der Waals surface area contributed by atoms with Crippen LogP contribution in [0.1, 0.15) is 56.4 Å². The minimum Gasteiger partial charge on any atom is -0.493 e. The standard InChI is InChI=1S/C20H28N2O4/c1-6-8-9-21-19(23)16-12-22(13(3)7-2)20(24)15-11-18(26-5)17(25-4)10-14(15)16/h10-13H,6-9H2,1-5H3,(H,21,23). The van der Waals surface area contributed by atoms with Crippen molar-refractivity contribution in [3.05, 3.63) is 34.2 Å². The molecule has 0 aliphatic carbocycles. The maximum atomic E-state index is 13.0. The second kappa shape index (κ2) is 8.74. The van der Waals surface area contributed by atoms with Crippen LogP contribution in [0.4, 0.5) is 0 Å². The third kappa shape index (κ3) is 3.84. The highest BCUT2D eigenvalue weighted by Crippen LogP contribution is 2.32. The van der Waals surface area contributed by atoms with Crippen molar-refractivity contribution in [2.24, 2.45) is 0 Å². The first-order valence-electron chi connectivity index (χ1n) is 9.07. The second-order valence-corrected chi connectivity index (χ2v) is 6.37. The summed E-state index contributed by atoms with van der Waals surface area (Å²) in [5.41, 5.74) is 0.331. The fraction of sp³-hybridized carbons (Fsp3) is 0.500. The van der Waals surface area contributed by atoms with Crippen molar-refractivity contribution < 1.29 is 14.3 Å². The number of ether oxygens (including phenoxy) is 2. The number of hydrogen-bond acceptors (Lipinski definition) is 4. The van der Waals surface area contributed by atoms with Crippen molar-refractivity contribution in [1.29, 1.82) is 0 Å². The fourth-order valence-electron chi connectivity index (χ4n) is 2.86. The number of nitrogens with one attached hydrogen (secondary N) is 1. The molecule has 1 unspecified atom stereocenters. The van der Waals surface area contributed by atoms with Crippen LogP contribution < -0.4 is 20.3 Å². The van der Waals surface area contributed by atoms with E-state index >= 15 is 0 Å². The summed E-state index contributed by atoms with van der Waals surface area (Å²) in [5, 5.41) is 3.96. The molecule has 1 N–H and O–H groups in total. The molecule has 0 saturated heterocycles. The average molecular weight is 360 g/mol. The lowest BCUT2D eigenvalue weighted by molar-refractivity contribution is 0.0954. The lowest BCUT2D eigenvalue weighted by Gasteiger charge is -2.18. The van der Waals surface area contributed by atoms with Crippen molar-refractivity contribution in [1.82, 2.24) is 9.88 Å². The van der Waals surface area contributed by atoms with Crippen molar-refractivity contribution in [2.45, 2.75) is 46.1 Å². The molecule has 2 aromatic rings. The average Bonchev–Trinajstić information content (AvgIpc) is 2.66. The van der Waals surface area contributed by atoms with Gasteiger partial charge in [-0.2, -0.15) is 0 Å². The Bertz CT molecular complexity index is 842. The van der Waals surface area contributed by atoms with Gasteiger partial charge in [-0.05, 0) is 31.9 Å². The van der Waals surface area contributed by atoms with Gasteiger partial charge in [0.2, 0.25) is 0 Å². The number of fused-ring (bicyclic) bond motifs is 1. The van der Waals surface area contributed by atoms with Crippen LogP contribution in [0, 0.1) is 0 Å². The maximum Gasteiger partial charge on any atom is 0.258 e. The number of amides is 1. The van der Waals surface area contributed by atoms with Gasteiger partial charge in [-0.1, -0.05) is 20.3 Å². The minimum atomic E-state index is -0.187. The number of pyridine rings is 1. The molecular weight excluding hydrogens is 332 g/mol. The van der Waals surface area contributed by atoms with Gasteiger partial charge >= 0.3 is 0 Å². The predicted molar refractivity (Wildman–Crippen MR) is 104 cm³/mol. The second-order valence-electron chi connectivity index (χ2n) is 6.37. The highest BCUT2D eigenvalue weighted by Gasteiger charge is 2.19. The Hall–Kier alpha value is -2.50. The molecular formula is C20H28N2O4. The van der Waals surface area contributed by atoms with E-state index in [1.165, 1.54) is 14.2 Å². The number of hydrogen-bond donors (Lipinski definition) is 1. The molecule has 0 aliphatic rings. The van der Waals surface area contributed by atoms with Crippen molar-refractivity contribution in [2.75, 3.05) is 20.8 Å². The van der Waals surface area contributed by atoms with Gasteiger partial charge in [0.25, 0.3) is 11.5 Å². The molecule has 6 nitrogen and oxygen atoms in total. The van der Waals surface area contributed by atoms with Crippen LogP contribution >= 0.6 is 0 Å². The zero-order valence-electron chi connectivity index (χ0n) is 16.2. The summed E-state index contributed by atoms with van der Waals surface area (Å²) in [6.07, 6.45) is 4.35. The molecule has 142 valence electrons. The molecule has 2 rings (SSSR count). The van der Waals surface area contributed by atoms with E-state index in [4.69, 9.17) is 9.47 Å². The number of benzene rings is 1. The van der Waals surface area contributed by atoms with Gasteiger partial charge in [-0.15, -0.1) is 0 Å².